The second kappa shape index (κ2) is 6.29. The number of anilines is 1. The van der Waals surface area contributed by atoms with Gasteiger partial charge in [0.25, 0.3) is 0 Å². The second-order valence-electron chi connectivity index (χ2n) is 3.91. The van der Waals surface area contributed by atoms with Gasteiger partial charge in [-0.1, -0.05) is 11.3 Å². The zero-order chi connectivity index (χ0) is 14.5. The molecule has 2 aromatic heterocycles. The standard InChI is InChI=1S/C12H14N4O3S/c1-3-19-11(18)10-8(2)14-12(20-10)15-9(17)7-16-6-4-5-13-16/h4-6H,3,7H2,1-2H3,(H,14,15,17). The third-order valence-corrected chi connectivity index (χ3v) is 3.42. The largest absolute Gasteiger partial charge is 0.462 e. The molecule has 0 aromatic carbocycles. The molecular formula is C12H14N4O3S. The lowest BCUT2D eigenvalue weighted by Crippen LogP contribution is -2.18. The molecule has 7 nitrogen and oxygen atoms in total. The Bertz CT molecular complexity index is 606. The van der Waals surface area contributed by atoms with Gasteiger partial charge in [0, 0.05) is 12.4 Å². The smallest absolute Gasteiger partial charge is 0.350 e. The molecule has 0 spiro atoms. The van der Waals surface area contributed by atoms with Crippen LogP contribution in [0.25, 0.3) is 0 Å². The third kappa shape index (κ3) is 3.41. The minimum absolute atomic E-state index is 0.0976. The Kier molecular flexibility index (Phi) is 4.46. The number of carbonyl (C=O) groups is 2. The fraction of sp³-hybridized carbons (Fsp3) is 0.333. The topological polar surface area (TPSA) is 86.1 Å². The highest BCUT2D eigenvalue weighted by molar-refractivity contribution is 7.17. The van der Waals surface area contributed by atoms with Crippen LogP contribution in [0.5, 0.6) is 0 Å². The number of hydrogen-bond donors (Lipinski definition) is 1. The molecule has 0 atom stereocenters. The van der Waals surface area contributed by atoms with Crippen LogP contribution in [0, 0.1) is 6.92 Å². The molecule has 2 heterocycles. The number of thiazole rings is 1. The van der Waals surface area contributed by atoms with Crippen molar-refractivity contribution in [2.24, 2.45) is 0 Å². The van der Waals surface area contributed by atoms with Crippen molar-refractivity contribution in [2.75, 3.05) is 11.9 Å². The van der Waals surface area contributed by atoms with Gasteiger partial charge < -0.3 is 10.1 Å². The summed E-state index contributed by atoms with van der Waals surface area (Å²) in [6, 6.07) is 1.74. The molecule has 0 radical (unpaired) electrons. The second-order valence-corrected chi connectivity index (χ2v) is 4.90. The number of esters is 1. The van der Waals surface area contributed by atoms with Crippen LogP contribution in [0.1, 0.15) is 22.3 Å². The van der Waals surface area contributed by atoms with Gasteiger partial charge in [0.05, 0.1) is 12.3 Å². The van der Waals surface area contributed by atoms with Crippen molar-refractivity contribution in [3.63, 3.8) is 0 Å². The number of aromatic nitrogens is 3. The number of aryl methyl sites for hydroxylation is 1. The highest BCUT2D eigenvalue weighted by atomic mass is 32.1. The van der Waals surface area contributed by atoms with E-state index in [1.165, 1.54) is 4.68 Å². The highest BCUT2D eigenvalue weighted by Crippen LogP contribution is 2.23. The van der Waals surface area contributed by atoms with Gasteiger partial charge in [0.2, 0.25) is 5.91 Å². The molecule has 1 amide bonds. The molecule has 0 unspecified atom stereocenters. The maximum Gasteiger partial charge on any atom is 0.350 e. The van der Waals surface area contributed by atoms with E-state index in [1.807, 2.05) is 0 Å². The fourth-order valence-corrected chi connectivity index (χ4v) is 2.41. The number of nitrogens with one attached hydrogen (secondary N) is 1. The molecular weight excluding hydrogens is 280 g/mol. The molecule has 1 N–H and O–H groups in total. The summed E-state index contributed by atoms with van der Waals surface area (Å²) in [5, 5.41) is 6.95. The minimum atomic E-state index is -0.421. The van der Waals surface area contributed by atoms with Crippen LogP contribution in [-0.4, -0.2) is 33.2 Å². The van der Waals surface area contributed by atoms with E-state index in [1.54, 1.807) is 32.3 Å². The van der Waals surface area contributed by atoms with Crippen molar-refractivity contribution >= 4 is 28.3 Å². The Hall–Kier alpha value is -2.22. The van der Waals surface area contributed by atoms with Gasteiger partial charge in [-0.05, 0) is 19.9 Å². The maximum absolute atomic E-state index is 11.8. The van der Waals surface area contributed by atoms with Gasteiger partial charge in [0.15, 0.2) is 5.13 Å². The van der Waals surface area contributed by atoms with Gasteiger partial charge in [-0.25, -0.2) is 9.78 Å². The quantitative estimate of drug-likeness (QED) is 0.844. The average Bonchev–Trinajstić information content (AvgIpc) is 2.99. The van der Waals surface area contributed by atoms with Gasteiger partial charge in [-0.15, -0.1) is 0 Å². The zero-order valence-electron chi connectivity index (χ0n) is 11.1. The first-order chi connectivity index (χ1) is 9.60. The molecule has 0 saturated heterocycles. The molecule has 0 saturated carbocycles. The monoisotopic (exact) mass is 294 g/mol. The van der Waals surface area contributed by atoms with Crippen LogP contribution in [0.2, 0.25) is 0 Å². The van der Waals surface area contributed by atoms with E-state index in [9.17, 15) is 9.59 Å². The van der Waals surface area contributed by atoms with Crippen molar-refractivity contribution in [1.29, 1.82) is 0 Å². The van der Waals surface area contributed by atoms with Crippen LogP contribution in [0.15, 0.2) is 18.5 Å². The summed E-state index contributed by atoms with van der Waals surface area (Å²) in [4.78, 5) is 28.0. The first-order valence-corrected chi connectivity index (χ1v) is 6.83. The van der Waals surface area contributed by atoms with Crippen molar-refractivity contribution in [3.8, 4) is 0 Å². The summed E-state index contributed by atoms with van der Waals surface area (Å²) in [5.74, 6) is -0.673. The number of carbonyl (C=O) groups excluding carboxylic acids is 2. The van der Waals surface area contributed by atoms with Crippen LogP contribution in [0.3, 0.4) is 0 Å². The van der Waals surface area contributed by atoms with Crippen LogP contribution < -0.4 is 5.32 Å². The van der Waals surface area contributed by atoms with Crippen LogP contribution in [0.4, 0.5) is 5.13 Å². The summed E-state index contributed by atoms with van der Waals surface area (Å²) < 4.78 is 6.42. The Morgan fingerprint density at radius 2 is 2.30 bits per heavy atom. The van der Waals surface area contributed by atoms with E-state index in [-0.39, 0.29) is 12.5 Å². The number of rotatable bonds is 5. The number of amides is 1. The Morgan fingerprint density at radius 3 is 2.95 bits per heavy atom. The molecule has 0 bridgehead atoms. The summed E-state index contributed by atoms with van der Waals surface area (Å²) in [7, 11) is 0. The normalized spacial score (nSPS) is 10.3. The summed E-state index contributed by atoms with van der Waals surface area (Å²) in [6.07, 6.45) is 3.29. The van der Waals surface area contributed by atoms with Crippen molar-refractivity contribution in [1.82, 2.24) is 14.8 Å². The molecule has 2 aromatic rings. The summed E-state index contributed by atoms with van der Waals surface area (Å²) >= 11 is 1.10. The SMILES string of the molecule is CCOC(=O)c1sc(NC(=O)Cn2cccn2)nc1C. The van der Waals surface area contributed by atoms with Gasteiger partial charge in [-0.3, -0.25) is 9.48 Å². The molecule has 0 fully saturated rings. The lowest BCUT2D eigenvalue weighted by molar-refractivity contribution is -0.116. The molecule has 0 aliphatic heterocycles. The fourth-order valence-electron chi connectivity index (χ4n) is 1.54. The third-order valence-electron chi connectivity index (χ3n) is 2.37. The van der Waals surface area contributed by atoms with E-state index in [0.717, 1.165) is 11.3 Å². The van der Waals surface area contributed by atoms with Crippen molar-refractivity contribution in [2.45, 2.75) is 20.4 Å². The number of ether oxygens (including phenoxy) is 1. The predicted molar refractivity (Wildman–Crippen MR) is 73.7 cm³/mol. The zero-order valence-corrected chi connectivity index (χ0v) is 11.9. The van der Waals surface area contributed by atoms with E-state index in [4.69, 9.17) is 4.74 Å². The van der Waals surface area contributed by atoms with Crippen molar-refractivity contribution in [3.05, 3.63) is 29.0 Å². The summed E-state index contributed by atoms with van der Waals surface area (Å²) in [5.41, 5.74) is 0.544. The lowest BCUT2D eigenvalue weighted by atomic mass is 10.4. The van der Waals surface area contributed by atoms with Crippen LogP contribution >= 0.6 is 11.3 Å². The maximum atomic E-state index is 11.8. The number of nitrogens with zero attached hydrogens (tertiary/aromatic N) is 3. The molecule has 20 heavy (non-hydrogen) atoms. The molecule has 0 aliphatic rings. The van der Waals surface area contributed by atoms with Gasteiger partial charge in [-0.2, -0.15) is 5.10 Å². The Balaban J connectivity index is 2.01. The highest BCUT2D eigenvalue weighted by Gasteiger charge is 2.17. The first-order valence-electron chi connectivity index (χ1n) is 6.02. The first kappa shape index (κ1) is 14.2. The lowest BCUT2D eigenvalue weighted by Gasteiger charge is -2.01. The van der Waals surface area contributed by atoms with Crippen molar-refractivity contribution < 1.29 is 14.3 Å². The molecule has 8 heteroatoms. The predicted octanol–water partition coefficient (Wildman–Crippen LogP) is 1.46. The number of hydrogen-bond acceptors (Lipinski definition) is 6. The van der Waals surface area contributed by atoms with E-state index in [2.05, 4.69) is 15.4 Å². The minimum Gasteiger partial charge on any atom is -0.462 e. The van der Waals surface area contributed by atoms with E-state index < -0.39 is 5.97 Å². The van der Waals surface area contributed by atoms with Crippen LogP contribution in [-0.2, 0) is 16.1 Å². The van der Waals surface area contributed by atoms with Gasteiger partial charge >= 0.3 is 5.97 Å². The van der Waals surface area contributed by atoms with Gasteiger partial charge in [0.1, 0.15) is 11.4 Å². The molecule has 0 aliphatic carbocycles. The Labute approximate surface area is 119 Å². The molecule has 2 rings (SSSR count). The summed E-state index contributed by atoms with van der Waals surface area (Å²) in [6.45, 7) is 3.84. The molecule has 106 valence electrons. The Morgan fingerprint density at radius 1 is 1.50 bits per heavy atom. The van der Waals surface area contributed by atoms with E-state index in [0.29, 0.717) is 22.3 Å². The average molecular weight is 294 g/mol. The van der Waals surface area contributed by atoms with E-state index >= 15 is 0 Å².